The van der Waals surface area contributed by atoms with E-state index in [1.165, 1.54) is 0 Å². The van der Waals surface area contributed by atoms with Gasteiger partial charge in [0.2, 0.25) is 0 Å². The fourth-order valence-corrected chi connectivity index (χ4v) is 1.69. The first-order valence-corrected chi connectivity index (χ1v) is 5.96. The van der Waals surface area contributed by atoms with Crippen molar-refractivity contribution in [3.05, 3.63) is 35.9 Å². The Morgan fingerprint density at radius 1 is 1.18 bits per heavy atom. The molecule has 1 rings (SSSR count). The highest BCUT2D eigenvalue weighted by molar-refractivity contribution is 6.08. The van der Waals surface area contributed by atoms with E-state index < -0.39 is 11.9 Å². The summed E-state index contributed by atoms with van der Waals surface area (Å²) < 4.78 is 4.94. The molecule has 0 heterocycles. The standard InChI is InChI=1S/C14H18O3/c1-3-8-12(14(16)17-4-2)13(15)11-9-6-5-7-10-11/h5-7,9-10,12H,3-4,8H2,1-2H3/t12-/m0/s1. The molecule has 0 bridgehead atoms. The fourth-order valence-electron chi connectivity index (χ4n) is 1.69. The third-order valence-corrected chi connectivity index (χ3v) is 2.52. The number of carbonyl (C=O) groups is 2. The van der Waals surface area contributed by atoms with Crippen LogP contribution in [-0.4, -0.2) is 18.4 Å². The monoisotopic (exact) mass is 234 g/mol. The van der Waals surface area contributed by atoms with Gasteiger partial charge in [-0.25, -0.2) is 0 Å². The maximum absolute atomic E-state index is 12.2. The molecule has 0 spiro atoms. The topological polar surface area (TPSA) is 43.4 Å². The van der Waals surface area contributed by atoms with Crippen molar-refractivity contribution in [1.82, 2.24) is 0 Å². The number of benzene rings is 1. The van der Waals surface area contributed by atoms with Crippen LogP contribution in [0.3, 0.4) is 0 Å². The van der Waals surface area contributed by atoms with Gasteiger partial charge in [0.1, 0.15) is 5.92 Å². The van der Waals surface area contributed by atoms with Gasteiger partial charge >= 0.3 is 5.97 Å². The zero-order chi connectivity index (χ0) is 12.7. The molecule has 0 aromatic heterocycles. The Morgan fingerprint density at radius 2 is 1.82 bits per heavy atom. The summed E-state index contributed by atoms with van der Waals surface area (Å²) in [6, 6.07) is 8.88. The molecule has 1 atom stereocenters. The first kappa shape index (κ1) is 13.4. The number of hydrogen-bond acceptors (Lipinski definition) is 3. The van der Waals surface area contributed by atoms with Crippen LogP contribution >= 0.6 is 0 Å². The third-order valence-electron chi connectivity index (χ3n) is 2.52. The lowest BCUT2D eigenvalue weighted by Gasteiger charge is -2.13. The third kappa shape index (κ3) is 3.70. The lowest BCUT2D eigenvalue weighted by molar-refractivity contribution is -0.146. The van der Waals surface area contributed by atoms with Gasteiger partial charge in [-0.15, -0.1) is 0 Å². The predicted molar refractivity (Wildman–Crippen MR) is 65.8 cm³/mol. The smallest absolute Gasteiger partial charge is 0.316 e. The molecule has 0 saturated heterocycles. The molecule has 1 aromatic rings. The van der Waals surface area contributed by atoms with Gasteiger partial charge in [0.15, 0.2) is 5.78 Å². The Hall–Kier alpha value is -1.64. The van der Waals surface area contributed by atoms with Crippen molar-refractivity contribution in [2.75, 3.05) is 6.61 Å². The Bertz CT molecular complexity index is 370. The molecule has 3 heteroatoms. The summed E-state index contributed by atoms with van der Waals surface area (Å²) in [5.74, 6) is -1.23. The summed E-state index contributed by atoms with van der Waals surface area (Å²) in [5.41, 5.74) is 0.569. The number of esters is 1. The molecule has 0 N–H and O–H groups in total. The van der Waals surface area contributed by atoms with Crippen LogP contribution in [0.4, 0.5) is 0 Å². The van der Waals surface area contributed by atoms with Crippen molar-refractivity contribution >= 4 is 11.8 Å². The van der Waals surface area contributed by atoms with E-state index in [2.05, 4.69) is 0 Å². The number of rotatable bonds is 6. The molecule has 0 aliphatic rings. The number of Topliss-reactive ketones (excluding diaryl/α,β-unsaturated/α-hetero) is 1. The quantitative estimate of drug-likeness (QED) is 0.432. The minimum atomic E-state index is -0.664. The summed E-state index contributed by atoms with van der Waals surface area (Å²) in [6.45, 7) is 4.00. The maximum Gasteiger partial charge on any atom is 0.316 e. The van der Waals surface area contributed by atoms with Gasteiger partial charge in [-0.3, -0.25) is 9.59 Å². The first-order valence-electron chi connectivity index (χ1n) is 5.96. The molecular formula is C14H18O3. The molecule has 3 nitrogen and oxygen atoms in total. The first-order chi connectivity index (χ1) is 8.20. The molecule has 0 fully saturated rings. The van der Waals surface area contributed by atoms with Crippen LogP contribution in [0.1, 0.15) is 37.0 Å². The van der Waals surface area contributed by atoms with Crippen molar-refractivity contribution in [2.24, 2.45) is 5.92 Å². The van der Waals surface area contributed by atoms with Crippen molar-refractivity contribution in [1.29, 1.82) is 0 Å². The maximum atomic E-state index is 12.2. The van der Waals surface area contributed by atoms with Gasteiger partial charge in [-0.2, -0.15) is 0 Å². The van der Waals surface area contributed by atoms with E-state index in [9.17, 15) is 9.59 Å². The fraction of sp³-hybridized carbons (Fsp3) is 0.429. The summed E-state index contributed by atoms with van der Waals surface area (Å²) >= 11 is 0. The molecule has 0 aliphatic heterocycles. The van der Waals surface area contributed by atoms with Gasteiger partial charge < -0.3 is 4.74 Å². The van der Waals surface area contributed by atoms with Crippen LogP contribution in [0, 0.1) is 5.92 Å². The number of hydrogen-bond donors (Lipinski definition) is 0. The number of ketones is 1. The molecule has 0 aliphatic carbocycles. The van der Waals surface area contributed by atoms with Crippen LogP contribution < -0.4 is 0 Å². The van der Waals surface area contributed by atoms with Gasteiger partial charge in [-0.05, 0) is 13.3 Å². The molecule has 0 unspecified atom stereocenters. The van der Waals surface area contributed by atoms with E-state index in [0.717, 1.165) is 6.42 Å². The Labute approximate surface area is 102 Å². The van der Waals surface area contributed by atoms with Crippen LogP contribution in [0.5, 0.6) is 0 Å². The Morgan fingerprint density at radius 3 is 2.35 bits per heavy atom. The normalized spacial score (nSPS) is 11.9. The Balaban J connectivity index is 2.84. The Kier molecular flexibility index (Phi) is 5.40. The number of ether oxygens (including phenoxy) is 1. The molecule has 1 aromatic carbocycles. The zero-order valence-corrected chi connectivity index (χ0v) is 10.3. The van der Waals surface area contributed by atoms with Crippen molar-refractivity contribution in [3.63, 3.8) is 0 Å². The van der Waals surface area contributed by atoms with Gasteiger partial charge in [0, 0.05) is 5.56 Å². The van der Waals surface area contributed by atoms with E-state index in [-0.39, 0.29) is 5.78 Å². The lowest BCUT2D eigenvalue weighted by atomic mass is 9.93. The predicted octanol–water partition coefficient (Wildman–Crippen LogP) is 2.85. The van der Waals surface area contributed by atoms with E-state index >= 15 is 0 Å². The molecule has 0 amide bonds. The van der Waals surface area contributed by atoms with Crippen molar-refractivity contribution < 1.29 is 14.3 Å². The summed E-state index contributed by atoms with van der Waals surface area (Å²) in [5, 5.41) is 0. The van der Waals surface area contributed by atoms with Gasteiger partial charge in [0.05, 0.1) is 6.61 Å². The van der Waals surface area contributed by atoms with Gasteiger partial charge in [0.25, 0.3) is 0 Å². The summed E-state index contributed by atoms with van der Waals surface area (Å²) in [4.78, 5) is 23.9. The second kappa shape index (κ2) is 6.84. The second-order valence-corrected chi connectivity index (χ2v) is 3.82. The van der Waals surface area contributed by atoms with Crippen LogP contribution in [0.15, 0.2) is 30.3 Å². The largest absolute Gasteiger partial charge is 0.465 e. The molecule has 92 valence electrons. The highest BCUT2D eigenvalue weighted by Crippen LogP contribution is 2.16. The van der Waals surface area contributed by atoms with E-state index in [1.807, 2.05) is 13.0 Å². The summed E-state index contributed by atoms with van der Waals surface area (Å²) in [7, 11) is 0. The lowest BCUT2D eigenvalue weighted by Crippen LogP contribution is -2.26. The zero-order valence-electron chi connectivity index (χ0n) is 10.3. The average Bonchev–Trinajstić information content (AvgIpc) is 2.36. The minimum Gasteiger partial charge on any atom is -0.465 e. The SMILES string of the molecule is CCC[C@H](C(=O)OCC)C(=O)c1ccccc1. The average molecular weight is 234 g/mol. The van der Waals surface area contributed by atoms with E-state index in [4.69, 9.17) is 4.74 Å². The second-order valence-electron chi connectivity index (χ2n) is 3.82. The summed E-state index contributed by atoms with van der Waals surface area (Å²) in [6.07, 6.45) is 1.31. The molecule has 0 radical (unpaired) electrons. The highest BCUT2D eigenvalue weighted by Gasteiger charge is 2.27. The van der Waals surface area contributed by atoms with E-state index in [0.29, 0.717) is 18.6 Å². The van der Waals surface area contributed by atoms with Gasteiger partial charge in [-0.1, -0.05) is 43.7 Å². The van der Waals surface area contributed by atoms with Crippen LogP contribution in [-0.2, 0) is 9.53 Å². The molecular weight excluding hydrogens is 216 g/mol. The number of carbonyl (C=O) groups excluding carboxylic acids is 2. The van der Waals surface area contributed by atoms with Crippen molar-refractivity contribution in [2.45, 2.75) is 26.7 Å². The van der Waals surface area contributed by atoms with E-state index in [1.54, 1.807) is 31.2 Å². The minimum absolute atomic E-state index is 0.147. The highest BCUT2D eigenvalue weighted by atomic mass is 16.5. The van der Waals surface area contributed by atoms with Crippen molar-refractivity contribution in [3.8, 4) is 0 Å². The van der Waals surface area contributed by atoms with Crippen LogP contribution in [0.2, 0.25) is 0 Å². The van der Waals surface area contributed by atoms with Crippen LogP contribution in [0.25, 0.3) is 0 Å². The molecule has 17 heavy (non-hydrogen) atoms. The molecule has 0 saturated carbocycles.